The summed E-state index contributed by atoms with van der Waals surface area (Å²) in [6.45, 7) is 8.77. The molecule has 6 heteroatoms. The molecular weight excluding hydrogens is 282 g/mol. The van der Waals surface area contributed by atoms with Gasteiger partial charge in [-0.25, -0.2) is 0 Å². The maximum Gasteiger partial charge on any atom is 0.290 e. The van der Waals surface area contributed by atoms with Crippen LogP contribution in [0.2, 0.25) is 0 Å². The molecule has 1 aliphatic rings. The predicted molar refractivity (Wildman–Crippen MR) is 82.0 cm³/mol. The van der Waals surface area contributed by atoms with Crippen molar-refractivity contribution in [2.24, 2.45) is 5.41 Å². The number of aromatic nitrogens is 2. The fourth-order valence-electron chi connectivity index (χ4n) is 2.49. The van der Waals surface area contributed by atoms with Crippen LogP contribution in [-0.4, -0.2) is 38.0 Å². The van der Waals surface area contributed by atoms with Crippen molar-refractivity contribution in [1.29, 1.82) is 0 Å². The minimum Gasteiger partial charge on any atom is -0.387 e. The van der Waals surface area contributed by atoms with Crippen molar-refractivity contribution in [2.45, 2.75) is 59.7 Å². The third kappa shape index (κ3) is 3.38. The molecule has 0 fully saturated rings. The SMILES string of the molecule is CCC(O)c1cc2n(n1)CCCN(C(=O)C(=O)C(C)(C)C)C2. The number of amides is 1. The Morgan fingerprint density at radius 1 is 1.36 bits per heavy atom. The van der Waals surface area contributed by atoms with Gasteiger partial charge in [-0.05, 0) is 18.9 Å². The Labute approximate surface area is 131 Å². The Bertz CT molecular complexity index is 572. The molecule has 1 amide bonds. The van der Waals surface area contributed by atoms with E-state index in [2.05, 4.69) is 5.10 Å². The van der Waals surface area contributed by atoms with Crippen LogP contribution in [0.25, 0.3) is 0 Å². The van der Waals surface area contributed by atoms with Crippen LogP contribution >= 0.6 is 0 Å². The first-order valence-corrected chi connectivity index (χ1v) is 7.82. The number of Topliss-reactive ketones (excluding diaryl/α,β-unsaturated/α-hetero) is 1. The highest BCUT2D eigenvalue weighted by Gasteiger charge is 2.33. The van der Waals surface area contributed by atoms with Crippen LogP contribution in [0.1, 0.15) is 58.0 Å². The molecule has 1 aromatic heterocycles. The highest BCUT2D eigenvalue weighted by Crippen LogP contribution is 2.22. The summed E-state index contributed by atoms with van der Waals surface area (Å²) in [5.41, 5.74) is 0.830. The number of aryl methyl sites for hydroxylation is 1. The lowest BCUT2D eigenvalue weighted by atomic mass is 9.90. The number of fused-ring (bicyclic) bond motifs is 1. The molecule has 0 spiro atoms. The van der Waals surface area contributed by atoms with Crippen LogP contribution in [0.3, 0.4) is 0 Å². The molecule has 0 aromatic carbocycles. The molecule has 2 heterocycles. The maximum absolute atomic E-state index is 12.4. The van der Waals surface area contributed by atoms with E-state index in [0.717, 1.165) is 12.1 Å². The normalized spacial score (nSPS) is 16.9. The van der Waals surface area contributed by atoms with Gasteiger partial charge >= 0.3 is 0 Å². The number of nitrogens with zero attached hydrogens (tertiary/aromatic N) is 3. The molecule has 1 aromatic rings. The first-order valence-electron chi connectivity index (χ1n) is 7.82. The van der Waals surface area contributed by atoms with E-state index >= 15 is 0 Å². The summed E-state index contributed by atoms with van der Waals surface area (Å²) in [6, 6.07) is 1.83. The first kappa shape index (κ1) is 16.7. The number of rotatable bonds is 3. The van der Waals surface area contributed by atoms with Crippen molar-refractivity contribution in [3.8, 4) is 0 Å². The average molecular weight is 307 g/mol. The van der Waals surface area contributed by atoms with Gasteiger partial charge in [-0.1, -0.05) is 27.7 Å². The number of ketones is 1. The highest BCUT2D eigenvalue weighted by atomic mass is 16.3. The molecule has 6 nitrogen and oxygen atoms in total. The van der Waals surface area contributed by atoms with E-state index in [9.17, 15) is 14.7 Å². The van der Waals surface area contributed by atoms with Crippen molar-refractivity contribution in [1.82, 2.24) is 14.7 Å². The Morgan fingerprint density at radius 3 is 2.64 bits per heavy atom. The number of carbonyl (C=O) groups is 2. The van der Waals surface area contributed by atoms with Crippen molar-refractivity contribution >= 4 is 11.7 Å². The van der Waals surface area contributed by atoms with Gasteiger partial charge in [-0.15, -0.1) is 0 Å². The summed E-state index contributed by atoms with van der Waals surface area (Å²) >= 11 is 0. The number of hydrogen-bond acceptors (Lipinski definition) is 4. The zero-order chi connectivity index (χ0) is 16.5. The molecule has 22 heavy (non-hydrogen) atoms. The van der Waals surface area contributed by atoms with Gasteiger partial charge in [0.15, 0.2) is 0 Å². The molecule has 1 N–H and O–H groups in total. The molecule has 0 bridgehead atoms. The molecule has 1 aliphatic heterocycles. The minimum absolute atomic E-state index is 0.365. The van der Waals surface area contributed by atoms with E-state index < -0.39 is 17.4 Å². The molecule has 0 saturated heterocycles. The van der Waals surface area contributed by atoms with Crippen molar-refractivity contribution in [2.75, 3.05) is 6.54 Å². The van der Waals surface area contributed by atoms with Gasteiger partial charge in [0.2, 0.25) is 5.78 Å². The molecule has 1 unspecified atom stereocenters. The topological polar surface area (TPSA) is 75.4 Å². The zero-order valence-corrected chi connectivity index (χ0v) is 13.8. The summed E-state index contributed by atoms with van der Waals surface area (Å²) in [7, 11) is 0. The van der Waals surface area contributed by atoms with Gasteiger partial charge < -0.3 is 10.0 Å². The van der Waals surface area contributed by atoms with Gasteiger partial charge in [0, 0.05) is 18.5 Å². The van der Waals surface area contributed by atoms with Crippen LogP contribution < -0.4 is 0 Å². The number of aliphatic hydroxyl groups excluding tert-OH is 1. The summed E-state index contributed by atoms with van der Waals surface area (Å²) in [5.74, 6) is -0.797. The van der Waals surface area contributed by atoms with E-state index in [1.54, 1.807) is 25.7 Å². The van der Waals surface area contributed by atoms with Gasteiger partial charge in [0.05, 0.1) is 24.0 Å². The molecule has 0 aliphatic carbocycles. The standard InChI is InChI=1S/C16H25N3O3/c1-5-13(20)12-9-11-10-18(7-6-8-19(11)17-12)15(22)14(21)16(2,3)4/h9,13,20H,5-8,10H2,1-4H3. The smallest absolute Gasteiger partial charge is 0.290 e. The second kappa shape index (κ2) is 6.20. The fraction of sp³-hybridized carbons (Fsp3) is 0.688. The summed E-state index contributed by atoms with van der Waals surface area (Å²) < 4.78 is 1.84. The molecule has 1 atom stereocenters. The van der Waals surface area contributed by atoms with Gasteiger partial charge in [-0.3, -0.25) is 14.3 Å². The van der Waals surface area contributed by atoms with Crippen LogP contribution in [0.4, 0.5) is 0 Å². The summed E-state index contributed by atoms with van der Waals surface area (Å²) in [4.78, 5) is 26.2. The lowest BCUT2D eigenvalue weighted by molar-refractivity contribution is -0.149. The third-order valence-corrected chi connectivity index (χ3v) is 3.92. The monoisotopic (exact) mass is 307 g/mol. The second-order valence-electron chi connectivity index (χ2n) is 6.87. The van der Waals surface area contributed by atoms with E-state index in [1.165, 1.54) is 0 Å². The van der Waals surface area contributed by atoms with Crippen molar-refractivity contribution < 1.29 is 14.7 Å². The maximum atomic E-state index is 12.4. The van der Waals surface area contributed by atoms with E-state index in [-0.39, 0.29) is 5.78 Å². The fourth-order valence-corrected chi connectivity index (χ4v) is 2.49. The van der Waals surface area contributed by atoms with Crippen molar-refractivity contribution in [3.05, 3.63) is 17.5 Å². The highest BCUT2D eigenvalue weighted by molar-refractivity contribution is 6.37. The molecule has 0 radical (unpaired) electrons. The minimum atomic E-state index is -0.673. The Morgan fingerprint density at radius 2 is 2.05 bits per heavy atom. The zero-order valence-electron chi connectivity index (χ0n) is 13.8. The molecule has 0 saturated carbocycles. The molecule has 2 rings (SSSR count). The van der Waals surface area contributed by atoms with Crippen LogP contribution in [0.5, 0.6) is 0 Å². The quantitative estimate of drug-likeness (QED) is 0.862. The number of hydrogen-bond donors (Lipinski definition) is 1. The lowest BCUT2D eigenvalue weighted by Crippen LogP contribution is -2.41. The first-order chi connectivity index (χ1) is 10.2. The Balaban J connectivity index is 2.20. The molecular formula is C16H25N3O3. The van der Waals surface area contributed by atoms with Gasteiger partial charge in [0.25, 0.3) is 5.91 Å². The summed E-state index contributed by atoms with van der Waals surface area (Å²) in [5, 5.41) is 14.3. The average Bonchev–Trinajstić information content (AvgIpc) is 2.75. The summed E-state index contributed by atoms with van der Waals surface area (Å²) in [6.07, 6.45) is 0.765. The van der Waals surface area contributed by atoms with Crippen LogP contribution in [0, 0.1) is 5.41 Å². The Hall–Kier alpha value is -1.69. The number of carbonyl (C=O) groups excluding carboxylic acids is 2. The van der Waals surface area contributed by atoms with E-state index in [0.29, 0.717) is 31.7 Å². The number of aliphatic hydroxyl groups is 1. The largest absolute Gasteiger partial charge is 0.387 e. The molecule has 122 valence electrons. The second-order valence-corrected chi connectivity index (χ2v) is 6.87. The van der Waals surface area contributed by atoms with Gasteiger partial charge in [-0.2, -0.15) is 5.10 Å². The third-order valence-electron chi connectivity index (χ3n) is 3.92. The van der Waals surface area contributed by atoms with Crippen LogP contribution in [-0.2, 0) is 22.7 Å². The van der Waals surface area contributed by atoms with E-state index in [1.807, 2.05) is 17.7 Å². The Kier molecular flexibility index (Phi) is 4.70. The van der Waals surface area contributed by atoms with Gasteiger partial charge in [0.1, 0.15) is 0 Å². The van der Waals surface area contributed by atoms with Crippen LogP contribution in [0.15, 0.2) is 6.07 Å². The predicted octanol–water partition coefficient (Wildman–Crippen LogP) is 1.67. The van der Waals surface area contributed by atoms with E-state index in [4.69, 9.17) is 0 Å². The van der Waals surface area contributed by atoms with Crippen molar-refractivity contribution in [3.63, 3.8) is 0 Å². The lowest BCUT2D eigenvalue weighted by Gasteiger charge is -2.23.